The number of aliphatic hydroxyl groups is 1. The summed E-state index contributed by atoms with van der Waals surface area (Å²) in [5.41, 5.74) is 1.97. The highest BCUT2D eigenvalue weighted by Gasteiger charge is 2.18. The Morgan fingerprint density at radius 2 is 2.37 bits per heavy atom. The van der Waals surface area contributed by atoms with Gasteiger partial charge in [0.25, 0.3) is 0 Å². The second-order valence-corrected chi connectivity index (χ2v) is 4.81. The number of aryl methyl sites for hydroxylation is 1. The van der Waals surface area contributed by atoms with Crippen molar-refractivity contribution in [2.45, 2.75) is 19.4 Å². The van der Waals surface area contributed by atoms with Crippen molar-refractivity contribution in [2.24, 2.45) is 5.92 Å². The molecule has 0 aromatic carbocycles. The van der Waals surface area contributed by atoms with Gasteiger partial charge in [0.15, 0.2) is 0 Å². The fourth-order valence-corrected chi connectivity index (χ4v) is 2.09. The summed E-state index contributed by atoms with van der Waals surface area (Å²) in [6.45, 7) is 2.09. The maximum atomic E-state index is 11.7. The molecule has 4 nitrogen and oxygen atoms in total. The summed E-state index contributed by atoms with van der Waals surface area (Å²) in [5.74, 6) is 0.0324. The summed E-state index contributed by atoms with van der Waals surface area (Å²) in [6, 6.07) is 1.98. The Hall–Kier alpha value is -1.94. The van der Waals surface area contributed by atoms with Gasteiger partial charge in [-0.25, -0.2) is 0 Å². The van der Waals surface area contributed by atoms with E-state index in [2.05, 4.69) is 10.3 Å². The van der Waals surface area contributed by atoms with Gasteiger partial charge in [0.05, 0.1) is 0 Å². The summed E-state index contributed by atoms with van der Waals surface area (Å²) < 4.78 is 0. The number of amides is 1. The maximum Gasteiger partial charge on any atom is 0.244 e. The number of aliphatic hydroxyl groups excluding tert-OH is 1. The van der Waals surface area contributed by atoms with E-state index >= 15 is 0 Å². The van der Waals surface area contributed by atoms with Gasteiger partial charge in [-0.05, 0) is 36.6 Å². The van der Waals surface area contributed by atoms with Crippen LogP contribution in [0.1, 0.15) is 17.5 Å². The highest BCUT2D eigenvalue weighted by Crippen LogP contribution is 2.16. The first-order chi connectivity index (χ1) is 9.17. The van der Waals surface area contributed by atoms with Gasteiger partial charge in [-0.2, -0.15) is 0 Å². The number of hydrogen-bond donors (Lipinski definition) is 2. The fourth-order valence-electron chi connectivity index (χ4n) is 2.09. The minimum Gasteiger partial charge on any atom is -0.396 e. The van der Waals surface area contributed by atoms with Crippen LogP contribution in [0.4, 0.5) is 0 Å². The average Bonchev–Trinajstić information content (AvgIpc) is 2.84. The first-order valence-electron chi connectivity index (χ1n) is 6.37. The van der Waals surface area contributed by atoms with Crippen LogP contribution in [0.2, 0.25) is 0 Å². The van der Waals surface area contributed by atoms with Crippen LogP contribution in [0.5, 0.6) is 0 Å². The zero-order valence-electron chi connectivity index (χ0n) is 10.9. The maximum absolute atomic E-state index is 11.7. The Morgan fingerprint density at radius 1 is 1.53 bits per heavy atom. The predicted molar refractivity (Wildman–Crippen MR) is 74.3 cm³/mol. The van der Waals surface area contributed by atoms with Crippen molar-refractivity contribution in [1.29, 1.82) is 0 Å². The van der Waals surface area contributed by atoms with Gasteiger partial charge in [-0.1, -0.05) is 12.2 Å². The minimum absolute atomic E-state index is 0.0185. The third-order valence-corrected chi connectivity index (χ3v) is 3.06. The molecule has 2 atom stereocenters. The molecule has 0 unspecified atom stereocenters. The molecule has 1 aliphatic rings. The lowest BCUT2D eigenvalue weighted by Gasteiger charge is -2.10. The van der Waals surface area contributed by atoms with Gasteiger partial charge in [0.1, 0.15) is 0 Å². The van der Waals surface area contributed by atoms with Gasteiger partial charge in [0, 0.05) is 37.0 Å². The van der Waals surface area contributed by atoms with E-state index in [1.54, 1.807) is 18.5 Å². The van der Waals surface area contributed by atoms with Crippen molar-refractivity contribution in [1.82, 2.24) is 10.3 Å². The molecule has 0 radical (unpaired) electrons. The van der Waals surface area contributed by atoms with Crippen molar-refractivity contribution >= 4 is 12.0 Å². The van der Waals surface area contributed by atoms with Crippen molar-refractivity contribution in [2.75, 3.05) is 6.61 Å². The van der Waals surface area contributed by atoms with Crippen molar-refractivity contribution in [3.8, 4) is 0 Å². The highest BCUT2D eigenvalue weighted by atomic mass is 16.3. The van der Waals surface area contributed by atoms with Crippen LogP contribution in [0.3, 0.4) is 0 Å². The molecule has 1 aromatic heterocycles. The standard InChI is InChI=1S/C15H18N2O2/c1-11-6-12(9-16-8-11)3-5-15(19)17-14-4-2-13(7-14)10-18/h2-6,8-9,13-14,18H,7,10H2,1H3,(H,17,19)/b5-3+/t13-,14+/m0/s1. The molecular weight excluding hydrogens is 240 g/mol. The summed E-state index contributed by atoms with van der Waals surface area (Å²) in [4.78, 5) is 15.8. The lowest BCUT2D eigenvalue weighted by Crippen LogP contribution is -2.31. The first kappa shape index (κ1) is 13.5. The second-order valence-electron chi connectivity index (χ2n) is 4.81. The molecule has 1 heterocycles. The van der Waals surface area contributed by atoms with Gasteiger partial charge in [-0.3, -0.25) is 9.78 Å². The molecule has 2 N–H and O–H groups in total. The van der Waals surface area contributed by atoms with E-state index in [1.807, 2.05) is 25.1 Å². The Morgan fingerprint density at radius 3 is 3.05 bits per heavy atom. The molecule has 0 spiro atoms. The van der Waals surface area contributed by atoms with E-state index in [-0.39, 0.29) is 24.5 Å². The molecule has 0 saturated carbocycles. The monoisotopic (exact) mass is 258 g/mol. The second kappa shape index (κ2) is 6.29. The molecule has 1 aliphatic carbocycles. The molecule has 4 heteroatoms. The molecule has 19 heavy (non-hydrogen) atoms. The fraction of sp³-hybridized carbons (Fsp3) is 0.333. The topological polar surface area (TPSA) is 62.2 Å². The van der Waals surface area contributed by atoms with Crippen LogP contribution in [-0.4, -0.2) is 28.6 Å². The molecule has 1 aromatic rings. The van der Waals surface area contributed by atoms with E-state index in [0.717, 1.165) is 17.5 Å². The molecule has 0 aliphatic heterocycles. The zero-order chi connectivity index (χ0) is 13.7. The number of aromatic nitrogens is 1. The summed E-state index contributed by atoms with van der Waals surface area (Å²) in [6.07, 6.45) is 11.4. The zero-order valence-corrected chi connectivity index (χ0v) is 10.9. The number of rotatable bonds is 4. The van der Waals surface area contributed by atoms with Gasteiger partial charge in [-0.15, -0.1) is 0 Å². The third kappa shape index (κ3) is 4.03. The van der Waals surface area contributed by atoms with E-state index in [1.165, 1.54) is 6.08 Å². The van der Waals surface area contributed by atoms with Crippen LogP contribution in [0, 0.1) is 12.8 Å². The molecule has 100 valence electrons. The molecular formula is C15H18N2O2. The Kier molecular flexibility index (Phi) is 4.47. The van der Waals surface area contributed by atoms with Gasteiger partial charge >= 0.3 is 0 Å². The van der Waals surface area contributed by atoms with E-state index in [4.69, 9.17) is 5.11 Å². The van der Waals surface area contributed by atoms with Crippen LogP contribution in [0.15, 0.2) is 36.7 Å². The molecule has 0 fully saturated rings. The van der Waals surface area contributed by atoms with Crippen molar-refractivity contribution in [3.63, 3.8) is 0 Å². The smallest absolute Gasteiger partial charge is 0.244 e. The quantitative estimate of drug-likeness (QED) is 0.635. The number of hydrogen-bond acceptors (Lipinski definition) is 3. The Balaban J connectivity index is 1.86. The minimum atomic E-state index is -0.130. The Bertz CT molecular complexity index is 509. The lowest BCUT2D eigenvalue weighted by molar-refractivity contribution is -0.116. The van der Waals surface area contributed by atoms with E-state index in [9.17, 15) is 4.79 Å². The Labute approximate surface area is 112 Å². The predicted octanol–water partition coefficient (Wildman–Crippen LogP) is 1.46. The van der Waals surface area contributed by atoms with Crippen LogP contribution >= 0.6 is 0 Å². The molecule has 0 saturated heterocycles. The first-order valence-corrected chi connectivity index (χ1v) is 6.37. The molecule has 1 amide bonds. The lowest BCUT2D eigenvalue weighted by atomic mass is 10.1. The highest BCUT2D eigenvalue weighted by molar-refractivity contribution is 5.92. The number of carbonyl (C=O) groups is 1. The van der Waals surface area contributed by atoms with E-state index in [0.29, 0.717) is 0 Å². The molecule has 2 rings (SSSR count). The summed E-state index contributed by atoms with van der Waals surface area (Å²) in [7, 11) is 0. The van der Waals surface area contributed by atoms with Crippen molar-refractivity contribution in [3.05, 3.63) is 47.8 Å². The number of pyridine rings is 1. The van der Waals surface area contributed by atoms with Crippen LogP contribution in [0.25, 0.3) is 6.08 Å². The number of nitrogens with one attached hydrogen (secondary N) is 1. The third-order valence-electron chi connectivity index (χ3n) is 3.06. The average molecular weight is 258 g/mol. The van der Waals surface area contributed by atoms with Gasteiger partial charge in [0.2, 0.25) is 5.91 Å². The molecule has 0 bridgehead atoms. The largest absolute Gasteiger partial charge is 0.396 e. The summed E-state index contributed by atoms with van der Waals surface area (Å²) in [5, 5.41) is 11.9. The van der Waals surface area contributed by atoms with E-state index < -0.39 is 0 Å². The van der Waals surface area contributed by atoms with Gasteiger partial charge < -0.3 is 10.4 Å². The van der Waals surface area contributed by atoms with Crippen LogP contribution in [-0.2, 0) is 4.79 Å². The van der Waals surface area contributed by atoms with Crippen molar-refractivity contribution < 1.29 is 9.90 Å². The number of nitrogens with zero attached hydrogens (tertiary/aromatic N) is 1. The SMILES string of the molecule is Cc1cncc(/C=C/C(=O)N[C@@H]2C=C[C@H](CO)C2)c1. The van der Waals surface area contributed by atoms with Crippen LogP contribution < -0.4 is 5.32 Å². The summed E-state index contributed by atoms with van der Waals surface area (Å²) >= 11 is 0. The number of carbonyl (C=O) groups excluding carboxylic acids is 1. The normalized spacial score (nSPS) is 22.0.